The number of rotatable bonds is 8. The highest BCUT2D eigenvalue weighted by molar-refractivity contribution is 6.30. The molecule has 1 aliphatic heterocycles. The zero-order valence-electron chi connectivity index (χ0n) is 18.7. The van der Waals surface area contributed by atoms with E-state index in [2.05, 4.69) is 32.7 Å². The lowest BCUT2D eigenvalue weighted by atomic mass is 10.0. The summed E-state index contributed by atoms with van der Waals surface area (Å²) in [5.41, 5.74) is 2.42. The second-order valence-corrected chi connectivity index (χ2v) is 8.10. The van der Waals surface area contributed by atoms with Crippen LogP contribution in [0.2, 0.25) is 5.02 Å². The van der Waals surface area contributed by atoms with Crippen LogP contribution in [0.5, 0.6) is 11.5 Å². The molecule has 0 aromatic heterocycles. The van der Waals surface area contributed by atoms with E-state index in [9.17, 15) is 0 Å². The SMILES string of the molecule is CCOc1cc(CNC(=NC)NC2CCN(Cc3ccc(Cl)cc3)CC2)ccc1OC. The second kappa shape index (κ2) is 11.8. The molecule has 6 nitrogen and oxygen atoms in total. The number of hydrogen-bond acceptors (Lipinski definition) is 4. The fourth-order valence-corrected chi connectivity index (χ4v) is 3.88. The second-order valence-electron chi connectivity index (χ2n) is 7.67. The molecule has 3 rings (SSSR count). The monoisotopic (exact) mass is 444 g/mol. The molecular weight excluding hydrogens is 412 g/mol. The Kier molecular flexibility index (Phi) is 8.85. The Balaban J connectivity index is 1.45. The number of likely N-dealkylation sites (tertiary alicyclic amines) is 1. The normalized spacial score (nSPS) is 15.5. The zero-order valence-corrected chi connectivity index (χ0v) is 19.4. The Bertz CT molecular complexity index is 849. The molecule has 31 heavy (non-hydrogen) atoms. The van der Waals surface area contributed by atoms with Gasteiger partial charge >= 0.3 is 0 Å². The molecule has 0 spiro atoms. The van der Waals surface area contributed by atoms with Gasteiger partial charge in [-0.05, 0) is 55.2 Å². The molecule has 1 fully saturated rings. The number of aliphatic imine (C=N–C) groups is 1. The average Bonchev–Trinajstić information content (AvgIpc) is 2.79. The van der Waals surface area contributed by atoms with Crippen LogP contribution in [-0.2, 0) is 13.1 Å². The number of halogens is 1. The van der Waals surface area contributed by atoms with Crippen molar-refractivity contribution < 1.29 is 9.47 Å². The van der Waals surface area contributed by atoms with Crippen LogP contribution >= 0.6 is 11.6 Å². The molecule has 0 aliphatic carbocycles. The van der Waals surface area contributed by atoms with Crippen molar-refractivity contribution >= 4 is 17.6 Å². The Morgan fingerprint density at radius 2 is 1.81 bits per heavy atom. The summed E-state index contributed by atoms with van der Waals surface area (Å²) in [7, 11) is 3.47. The molecule has 0 amide bonds. The van der Waals surface area contributed by atoms with Gasteiger partial charge in [0.25, 0.3) is 0 Å². The number of benzene rings is 2. The van der Waals surface area contributed by atoms with Crippen LogP contribution in [0.15, 0.2) is 47.5 Å². The Hall–Kier alpha value is -2.44. The Morgan fingerprint density at radius 3 is 2.45 bits per heavy atom. The van der Waals surface area contributed by atoms with Crippen molar-refractivity contribution in [2.24, 2.45) is 4.99 Å². The lowest BCUT2D eigenvalue weighted by Gasteiger charge is -2.33. The van der Waals surface area contributed by atoms with Gasteiger partial charge in [-0.25, -0.2) is 0 Å². The molecule has 0 unspecified atom stereocenters. The molecule has 2 aromatic rings. The Morgan fingerprint density at radius 1 is 1.10 bits per heavy atom. The standard InChI is InChI=1S/C24H33ClN4O2/c1-4-31-23-15-19(7-10-22(23)30-3)16-27-24(26-2)28-21-11-13-29(14-12-21)17-18-5-8-20(25)9-6-18/h5-10,15,21H,4,11-14,16-17H2,1-3H3,(H2,26,27,28). The number of nitrogens with one attached hydrogen (secondary N) is 2. The van der Waals surface area contributed by atoms with E-state index < -0.39 is 0 Å². The zero-order chi connectivity index (χ0) is 22.1. The minimum absolute atomic E-state index is 0.419. The molecule has 7 heteroatoms. The maximum atomic E-state index is 5.99. The number of piperidine rings is 1. The average molecular weight is 445 g/mol. The quantitative estimate of drug-likeness (QED) is 0.474. The van der Waals surface area contributed by atoms with Gasteiger partial charge in [0.2, 0.25) is 0 Å². The number of guanidine groups is 1. The molecule has 0 saturated carbocycles. The Labute approximate surface area is 190 Å². The maximum absolute atomic E-state index is 5.99. The van der Waals surface area contributed by atoms with Gasteiger partial charge in [0.05, 0.1) is 13.7 Å². The highest BCUT2D eigenvalue weighted by Gasteiger charge is 2.20. The topological polar surface area (TPSA) is 58.1 Å². The van der Waals surface area contributed by atoms with Gasteiger partial charge in [-0.15, -0.1) is 0 Å². The van der Waals surface area contributed by atoms with E-state index in [0.717, 1.165) is 60.5 Å². The summed E-state index contributed by atoms with van der Waals surface area (Å²) in [6.45, 7) is 6.33. The summed E-state index contributed by atoms with van der Waals surface area (Å²) in [5.74, 6) is 2.34. The molecule has 168 valence electrons. The lowest BCUT2D eigenvalue weighted by molar-refractivity contribution is 0.198. The fourth-order valence-electron chi connectivity index (χ4n) is 3.76. The number of nitrogens with zero attached hydrogens (tertiary/aromatic N) is 2. The molecule has 2 aromatic carbocycles. The molecule has 0 bridgehead atoms. The summed E-state index contributed by atoms with van der Waals surface area (Å²) in [5, 5.41) is 7.77. The van der Waals surface area contributed by atoms with Gasteiger partial charge in [0.1, 0.15) is 0 Å². The molecule has 0 atom stereocenters. The van der Waals surface area contributed by atoms with E-state index in [-0.39, 0.29) is 0 Å². The van der Waals surface area contributed by atoms with Gasteiger partial charge in [-0.1, -0.05) is 29.8 Å². The lowest BCUT2D eigenvalue weighted by Crippen LogP contribution is -2.48. The summed E-state index contributed by atoms with van der Waals surface area (Å²) in [6, 6.07) is 14.5. The van der Waals surface area contributed by atoms with Gasteiger partial charge in [-0.3, -0.25) is 9.89 Å². The van der Waals surface area contributed by atoms with Crippen molar-refractivity contribution in [1.29, 1.82) is 0 Å². The van der Waals surface area contributed by atoms with Crippen molar-refractivity contribution in [2.75, 3.05) is 33.9 Å². The van der Waals surface area contributed by atoms with Gasteiger partial charge < -0.3 is 20.1 Å². The summed E-state index contributed by atoms with van der Waals surface area (Å²) in [4.78, 5) is 6.89. The van der Waals surface area contributed by atoms with Crippen LogP contribution in [0, 0.1) is 0 Å². The van der Waals surface area contributed by atoms with Gasteiger partial charge in [0.15, 0.2) is 17.5 Å². The van der Waals surface area contributed by atoms with Crippen molar-refractivity contribution in [3.8, 4) is 11.5 Å². The van der Waals surface area contributed by atoms with Crippen molar-refractivity contribution in [3.63, 3.8) is 0 Å². The molecule has 2 N–H and O–H groups in total. The first-order valence-corrected chi connectivity index (χ1v) is 11.2. The van der Waals surface area contributed by atoms with E-state index >= 15 is 0 Å². The van der Waals surface area contributed by atoms with Gasteiger partial charge in [-0.2, -0.15) is 0 Å². The van der Waals surface area contributed by atoms with Crippen LogP contribution in [0.3, 0.4) is 0 Å². The molecule has 1 saturated heterocycles. The van der Waals surface area contributed by atoms with E-state index in [1.54, 1.807) is 7.11 Å². The van der Waals surface area contributed by atoms with Crippen molar-refractivity contribution in [3.05, 3.63) is 58.6 Å². The first-order valence-electron chi connectivity index (χ1n) is 10.8. The predicted molar refractivity (Wildman–Crippen MR) is 127 cm³/mol. The van der Waals surface area contributed by atoms with Crippen LogP contribution in [0.4, 0.5) is 0 Å². The molecule has 1 heterocycles. The number of ether oxygens (including phenoxy) is 2. The van der Waals surface area contributed by atoms with Crippen LogP contribution < -0.4 is 20.1 Å². The maximum Gasteiger partial charge on any atom is 0.191 e. The first kappa shape index (κ1) is 23.2. The smallest absolute Gasteiger partial charge is 0.191 e. The predicted octanol–water partition coefficient (Wildman–Crippen LogP) is 4.08. The van der Waals surface area contributed by atoms with Crippen molar-refractivity contribution in [2.45, 2.75) is 38.9 Å². The third-order valence-electron chi connectivity index (χ3n) is 5.46. The van der Waals surface area contributed by atoms with Crippen LogP contribution in [0.1, 0.15) is 30.9 Å². The van der Waals surface area contributed by atoms with E-state index in [0.29, 0.717) is 19.2 Å². The highest BCUT2D eigenvalue weighted by Crippen LogP contribution is 2.28. The first-order chi connectivity index (χ1) is 15.1. The van der Waals surface area contributed by atoms with E-state index in [4.69, 9.17) is 21.1 Å². The highest BCUT2D eigenvalue weighted by atomic mass is 35.5. The minimum atomic E-state index is 0.419. The number of methoxy groups -OCH3 is 1. The third-order valence-corrected chi connectivity index (χ3v) is 5.71. The van der Waals surface area contributed by atoms with Gasteiger partial charge in [0, 0.05) is 44.3 Å². The van der Waals surface area contributed by atoms with E-state index in [1.807, 2.05) is 44.3 Å². The summed E-state index contributed by atoms with van der Waals surface area (Å²) >= 11 is 5.99. The fraction of sp³-hybridized carbons (Fsp3) is 0.458. The minimum Gasteiger partial charge on any atom is -0.493 e. The molecule has 0 radical (unpaired) electrons. The van der Waals surface area contributed by atoms with E-state index in [1.165, 1.54) is 5.56 Å². The molecular formula is C24H33ClN4O2. The number of hydrogen-bond donors (Lipinski definition) is 2. The molecule has 1 aliphatic rings. The largest absolute Gasteiger partial charge is 0.493 e. The van der Waals surface area contributed by atoms with Crippen LogP contribution in [0.25, 0.3) is 0 Å². The summed E-state index contributed by atoms with van der Waals surface area (Å²) in [6.07, 6.45) is 2.18. The third kappa shape index (κ3) is 7.04. The van der Waals surface area contributed by atoms with Crippen molar-refractivity contribution in [1.82, 2.24) is 15.5 Å². The van der Waals surface area contributed by atoms with Crippen LogP contribution in [-0.4, -0.2) is 50.8 Å². The summed E-state index contributed by atoms with van der Waals surface area (Å²) < 4.78 is 11.0.